The summed E-state index contributed by atoms with van der Waals surface area (Å²) in [6.45, 7) is 3.70. The second-order valence-corrected chi connectivity index (χ2v) is 5.55. The molecule has 5 heteroatoms. The number of amides is 1. The summed E-state index contributed by atoms with van der Waals surface area (Å²) in [4.78, 5) is 13.3. The highest BCUT2D eigenvalue weighted by atomic mass is 35.5. The topological polar surface area (TPSA) is 41.1 Å². The third-order valence-electron chi connectivity index (χ3n) is 3.26. The minimum absolute atomic E-state index is 0. The fourth-order valence-corrected chi connectivity index (χ4v) is 2.38. The van der Waals surface area contributed by atoms with Gasteiger partial charge in [0, 0.05) is 17.1 Å². The number of nitrogens with one attached hydrogen (secondary N) is 2. The van der Waals surface area contributed by atoms with Gasteiger partial charge in [-0.2, -0.15) is 0 Å². The molecule has 2 N–H and O–H groups in total. The van der Waals surface area contributed by atoms with Crippen molar-refractivity contribution in [3.8, 4) is 0 Å². The first-order valence-electron chi connectivity index (χ1n) is 5.80. The van der Waals surface area contributed by atoms with Gasteiger partial charge in [0.15, 0.2) is 0 Å². The smallest absolute Gasteiger partial charge is 0.231 e. The van der Waals surface area contributed by atoms with E-state index in [4.69, 9.17) is 0 Å². The van der Waals surface area contributed by atoms with E-state index in [1.807, 2.05) is 37.4 Å². The SMILES string of the molecule is CSc1ccc(NC(=O)C2(C)CCNC2)cc1.Cl. The standard InChI is InChI=1S/C13H18N2OS.ClH/c1-13(7-8-14-9-13)12(16)15-10-3-5-11(17-2)6-4-10;/h3-6,14H,7-9H2,1-2H3,(H,15,16);1H. The Morgan fingerprint density at radius 3 is 2.56 bits per heavy atom. The van der Waals surface area contributed by atoms with Gasteiger partial charge >= 0.3 is 0 Å². The third-order valence-corrected chi connectivity index (χ3v) is 4.01. The molecule has 0 bridgehead atoms. The van der Waals surface area contributed by atoms with Crippen molar-refractivity contribution < 1.29 is 4.79 Å². The van der Waals surface area contributed by atoms with Gasteiger partial charge in [0.2, 0.25) is 5.91 Å². The van der Waals surface area contributed by atoms with Crippen molar-refractivity contribution in [2.24, 2.45) is 5.41 Å². The Morgan fingerprint density at radius 2 is 2.06 bits per heavy atom. The average Bonchev–Trinajstić information content (AvgIpc) is 2.78. The van der Waals surface area contributed by atoms with Crippen molar-refractivity contribution in [2.45, 2.75) is 18.2 Å². The molecule has 100 valence electrons. The quantitative estimate of drug-likeness (QED) is 0.840. The van der Waals surface area contributed by atoms with Gasteiger partial charge in [-0.3, -0.25) is 4.79 Å². The number of carbonyl (C=O) groups excluding carboxylic acids is 1. The van der Waals surface area contributed by atoms with Gasteiger partial charge in [-0.1, -0.05) is 0 Å². The predicted octanol–water partition coefficient (Wildman–Crippen LogP) is 2.77. The molecule has 1 unspecified atom stereocenters. The Balaban J connectivity index is 0.00000162. The van der Waals surface area contributed by atoms with E-state index in [0.29, 0.717) is 0 Å². The van der Waals surface area contributed by atoms with Crippen LogP contribution in [0.15, 0.2) is 29.2 Å². The Hall–Kier alpha value is -0.710. The highest BCUT2D eigenvalue weighted by Gasteiger charge is 2.36. The number of rotatable bonds is 3. The molecule has 1 aliphatic heterocycles. The summed E-state index contributed by atoms with van der Waals surface area (Å²) in [6.07, 6.45) is 2.94. The van der Waals surface area contributed by atoms with E-state index in [1.165, 1.54) is 4.90 Å². The van der Waals surface area contributed by atoms with Gasteiger partial charge in [-0.15, -0.1) is 24.2 Å². The van der Waals surface area contributed by atoms with Crippen molar-refractivity contribution in [2.75, 3.05) is 24.7 Å². The number of anilines is 1. The van der Waals surface area contributed by atoms with E-state index in [2.05, 4.69) is 10.6 Å². The summed E-state index contributed by atoms with van der Waals surface area (Å²) >= 11 is 1.70. The lowest BCUT2D eigenvalue weighted by Crippen LogP contribution is -2.35. The molecule has 0 aromatic heterocycles. The Kier molecular flexibility index (Phi) is 5.50. The third kappa shape index (κ3) is 3.40. The molecule has 1 aliphatic rings. The van der Waals surface area contributed by atoms with E-state index in [9.17, 15) is 4.79 Å². The van der Waals surface area contributed by atoms with Crippen LogP contribution >= 0.6 is 24.2 Å². The molecule has 0 spiro atoms. The van der Waals surface area contributed by atoms with Crippen LogP contribution in [0.2, 0.25) is 0 Å². The summed E-state index contributed by atoms with van der Waals surface area (Å²) in [5.74, 6) is 0.111. The van der Waals surface area contributed by atoms with Crippen LogP contribution in [-0.2, 0) is 4.79 Å². The van der Waals surface area contributed by atoms with Crippen LogP contribution in [0, 0.1) is 5.41 Å². The summed E-state index contributed by atoms with van der Waals surface area (Å²) in [5.41, 5.74) is 0.610. The minimum Gasteiger partial charge on any atom is -0.326 e. The number of benzene rings is 1. The molecule has 0 radical (unpaired) electrons. The van der Waals surface area contributed by atoms with Crippen molar-refractivity contribution in [1.82, 2.24) is 5.32 Å². The molecule has 0 saturated carbocycles. The van der Waals surface area contributed by atoms with Crippen molar-refractivity contribution in [3.05, 3.63) is 24.3 Å². The van der Waals surface area contributed by atoms with Crippen LogP contribution in [0.25, 0.3) is 0 Å². The van der Waals surface area contributed by atoms with Gasteiger partial charge in [0.05, 0.1) is 5.41 Å². The van der Waals surface area contributed by atoms with E-state index in [-0.39, 0.29) is 23.7 Å². The van der Waals surface area contributed by atoms with E-state index >= 15 is 0 Å². The van der Waals surface area contributed by atoms with Crippen LogP contribution in [0.1, 0.15) is 13.3 Å². The zero-order chi connectivity index (χ0) is 12.3. The molecule has 1 aromatic rings. The molecule has 2 rings (SSSR count). The van der Waals surface area contributed by atoms with Crippen LogP contribution in [-0.4, -0.2) is 25.3 Å². The van der Waals surface area contributed by atoms with Gasteiger partial charge in [0.25, 0.3) is 0 Å². The van der Waals surface area contributed by atoms with Crippen LogP contribution in [0.5, 0.6) is 0 Å². The highest BCUT2D eigenvalue weighted by molar-refractivity contribution is 7.98. The predicted molar refractivity (Wildman–Crippen MR) is 79.7 cm³/mol. The molecule has 1 heterocycles. The molecule has 3 nitrogen and oxygen atoms in total. The molecule has 1 fully saturated rings. The minimum atomic E-state index is -0.266. The summed E-state index contributed by atoms with van der Waals surface area (Å²) in [7, 11) is 0. The molecule has 1 saturated heterocycles. The van der Waals surface area contributed by atoms with Crippen molar-refractivity contribution in [1.29, 1.82) is 0 Å². The number of thioether (sulfide) groups is 1. The maximum Gasteiger partial charge on any atom is 0.231 e. The normalized spacial score (nSPS) is 22.3. The molecule has 1 atom stereocenters. The van der Waals surface area contributed by atoms with Gasteiger partial charge in [-0.05, 0) is 50.4 Å². The molecule has 1 amide bonds. The van der Waals surface area contributed by atoms with Crippen LogP contribution in [0.3, 0.4) is 0 Å². The first-order chi connectivity index (χ1) is 8.14. The summed E-state index contributed by atoms with van der Waals surface area (Å²) in [6, 6.07) is 7.95. The maximum absolute atomic E-state index is 12.1. The zero-order valence-corrected chi connectivity index (χ0v) is 12.3. The first-order valence-corrected chi connectivity index (χ1v) is 7.03. The lowest BCUT2D eigenvalue weighted by Gasteiger charge is -2.21. The molecule has 0 aliphatic carbocycles. The van der Waals surface area contributed by atoms with Gasteiger partial charge in [-0.25, -0.2) is 0 Å². The largest absolute Gasteiger partial charge is 0.326 e. The second-order valence-electron chi connectivity index (χ2n) is 4.67. The van der Waals surface area contributed by atoms with Crippen molar-refractivity contribution in [3.63, 3.8) is 0 Å². The molecular formula is C13H19ClN2OS. The van der Waals surface area contributed by atoms with E-state index in [1.54, 1.807) is 11.8 Å². The monoisotopic (exact) mass is 286 g/mol. The number of halogens is 1. The first kappa shape index (κ1) is 15.3. The molecule has 18 heavy (non-hydrogen) atoms. The van der Waals surface area contributed by atoms with Crippen LogP contribution < -0.4 is 10.6 Å². The molecule has 1 aromatic carbocycles. The van der Waals surface area contributed by atoms with Gasteiger partial charge < -0.3 is 10.6 Å². The highest BCUT2D eigenvalue weighted by Crippen LogP contribution is 2.26. The number of hydrogen-bond donors (Lipinski definition) is 2. The zero-order valence-electron chi connectivity index (χ0n) is 10.7. The van der Waals surface area contributed by atoms with E-state index in [0.717, 1.165) is 25.2 Å². The molecular weight excluding hydrogens is 268 g/mol. The van der Waals surface area contributed by atoms with Gasteiger partial charge in [0.1, 0.15) is 0 Å². The Labute approximate surface area is 119 Å². The number of carbonyl (C=O) groups is 1. The van der Waals surface area contributed by atoms with E-state index < -0.39 is 0 Å². The summed E-state index contributed by atoms with van der Waals surface area (Å²) < 4.78 is 0. The lowest BCUT2D eigenvalue weighted by atomic mass is 9.89. The second kappa shape index (κ2) is 6.45. The summed E-state index contributed by atoms with van der Waals surface area (Å²) in [5, 5.41) is 6.22. The number of hydrogen-bond acceptors (Lipinski definition) is 3. The Bertz CT molecular complexity index is 402. The van der Waals surface area contributed by atoms with Crippen LogP contribution in [0.4, 0.5) is 5.69 Å². The lowest BCUT2D eigenvalue weighted by molar-refractivity contribution is -0.123. The Morgan fingerprint density at radius 1 is 1.39 bits per heavy atom. The fraction of sp³-hybridized carbons (Fsp3) is 0.462. The van der Waals surface area contributed by atoms with Crippen molar-refractivity contribution >= 4 is 35.8 Å². The average molecular weight is 287 g/mol. The maximum atomic E-state index is 12.1. The fourth-order valence-electron chi connectivity index (χ4n) is 1.97.